The minimum absolute atomic E-state index is 0.0595. The first-order valence-electron chi connectivity index (χ1n) is 10.0. The number of hydrogen-bond donors (Lipinski definition) is 0. The summed E-state index contributed by atoms with van der Waals surface area (Å²) in [7, 11) is 1.82. The molecule has 0 bridgehead atoms. The molecule has 0 radical (unpaired) electrons. The van der Waals surface area contributed by atoms with Crippen LogP contribution >= 0.6 is 0 Å². The molecule has 0 spiro atoms. The smallest absolute Gasteiger partial charge is 0.253 e. The van der Waals surface area contributed by atoms with Crippen molar-refractivity contribution < 1.29 is 23.7 Å². The maximum atomic E-state index is 12.9. The minimum Gasteiger partial charge on any atom is -0.490 e. The maximum Gasteiger partial charge on any atom is 0.253 e. The molecule has 0 aliphatic carbocycles. The molecule has 1 aliphatic rings. The number of nitrogens with zero attached hydrogens (tertiary/aromatic N) is 1. The topological polar surface area (TPSA) is 57.2 Å². The molecule has 1 saturated heterocycles. The Morgan fingerprint density at radius 2 is 1.70 bits per heavy atom. The van der Waals surface area contributed by atoms with E-state index in [0.717, 1.165) is 25.9 Å². The summed E-state index contributed by atoms with van der Waals surface area (Å²) in [5, 5.41) is 0. The molecule has 1 aromatic rings. The quantitative estimate of drug-likeness (QED) is 0.617. The number of carbonyl (C=O) groups is 1. The van der Waals surface area contributed by atoms with Gasteiger partial charge in [-0.3, -0.25) is 4.79 Å². The van der Waals surface area contributed by atoms with Gasteiger partial charge >= 0.3 is 0 Å². The molecule has 1 fully saturated rings. The van der Waals surface area contributed by atoms with Crippen molar-refractivity contribution in [1.82, 2.24) is 4.90 Å². The van der Waals surface area contributed by atoms with Crippen LogP contribution in [0.3, 0.4) is 0 Å². The molecule has 1 atom stereocenters. The van der Waals surface area contributed by atoms with Crippen LogP contribution in [0.15, 0.2) is 12.1 Å². The third-order valence-electron chi connectivity index (χ3n) is 4.56. The lowest BCUT2D eigenvalue weighted by atomic mass is 10.1. The number of hydrogen-bond acceptors (Lipinski definition) is 5. The van der Waals surface area contributed by atoms with Gasteiger partial charge in [0.1, 0.15) is 0 Å². The highest BCUT2D eigenvalue weighted by Crippen LogP contribution is 2.39. The first-order valence-corrected chi connectivity index (χ1v) is 10.0. The highest BCUT2D eigenvalue weighted by molar-refractivity contribution is 5.95. The molecular formula is C21H33NO5. The van der Waals surface area contributed by atoms with Crippen molar-refractivity contribution in [2.45, 2.75) is 52.6 Å². The summed E-state index contributed by atoms with van der Waals surface area (Å²) in [5.41, 5.74) is 0.539. The molecule has 0 saturated carbocycles. The summed E-state index contributed by atoms with van der Waals surface area (Å²) in [6.07, 6.45) is 4.53. The van der Waals surface area contributed by atoms with E-state index in [1.165, 1.54) is 6.42 Å². The van der Waals surface area contributed by atoms with Gasteiger partial charge in [0.05, 0.1) is 25.9 Å². The van der Waals surface area contributed by atoms with E-state index in [-0.39, 0.29) is 12.0 Å². The van der Waals surface area contributed by atoms with Gasteiger partial charge in [-0.05, 0) is 58.6 Å². The molecule has 1 heterocycles. The molecule has 0 aromatic heterocycles. The van der Waals surface area contributed by atoms with Crippen LogP contribution in [0.5, 0.6) is 17.2 Å². The summed E-state index contributed by atoms with van der Waals surface area (Å²) < 4.78 is 22.9. The van der Waals surface area contributed by atoms with Crippen molar-refractivity contribution in [2.75, 3.05) is 40.0 Å². The molecule has 1 aromatic carbocycles. The summed E-state index contributed by atoms with van der Waals surface area (Å²) in [4.78, 5) is 14.7. The normalized spacial score (nSPS) is 16.7. The Bertz CT molecular complexity index is 571. The zero-order valence-electron chi connectivity index (χ0n) is 17.1. The Labute approximate surface area is 162 Å². The predicted octanol–water partition coefficient (Wildman–Crippen LogP) is 3.91. The van der Waals surface area contributed by atoms with Gasteiger partial charge in [-0.15, -0.1) is 0 Å². The first-order chi connectivity index (χ1) is 13.1. The van der Waals surface area contributed by atoms with E-state index in [2.05, 4.69) is 0 Å². The number of rotatable bonds is 10. The van der Waals surface area contributed by atoms with Crippen LogP contribution in [0.2, 0.25) is 0 Å². The van der Waals surface area contributed by atoms with E-state index < -0.39 is 0 Å². The Kier molecular flexibility index (Phi) is 8.72. The fourth-order valence-electron chi connectivity index (χ4n) is 3.21. The lowest BCUT2D eigenvalue weighted by molar-refractivity contribution is 0.00708. The second-order valence-electron chi connectivity index (χ2n) is 6.60. The Morgan fingerprint density at radius 1 is 1.07 bits per heavy atom. The second kappa shape index (κ2) is 11.0. The number of carbonyl (C=O) groups excluding carboxylic acids is 1. The lowest BCUT2D eigenvalue weighted by Crippen LogP contribution is -2.31. The van der Waals surface area contributed by atoms with Crippen LogP contribution in [-0.2, 0) is 4.74 Å². The Hall–Kier alpha value is -1.95. The van der Waals surface area contributed by atoms with Crippen molar-refractivity contribution in [3.8, 4) is 17.2 Å². The van der Waals surface area contributed by atoms with E-state index in [1.54, 1.807) is 17.0 Å². The zero-order chi connectivity index (χ0) is 19.6. The molecule has 6 heteroatoms. The summed E-state index contributed by atoms with van der Waals surface area (Å²) in [6.45, 7) is 8.67. The molecule has 1 unspecified atom stereocenters. The molecule has 2 rings (SSSR count). The van der Waals surface area contributed by atoms with Crippen molar-refractivity contribution in [3.63, 3.8) is 0 Å². The van der Waals surface area contributed by atoms with E-state index in [1.807, 2.05) is 27.8 Å². The first kappa shape index (κ1) is 21.4. The zero-order valence-corrected chi connectivity index (χ0v) is 17.1. The van der Waals surface area contributed by atoms with E-state index in [4.69, 9.17) is 18.9 Å². The van der Waals surface area contributed by atoms with E-state index >= 15 is 0 Å². The highest BCUT2D eigenvalue weighted by Gasteiger charge is 2.21. The third kappa shape index (κ3) is 6.03. The summed E-state index contributed by atoms with van der Waals surface area (Å²) in [5.74, 6) is 1.57. The van der Waals surface area contributed by atoms with Crippen LogP contribution < -0.4 is 14.2 Å². The SMILES string of the molecule is CCOc1cc(C(=O)N(C)CCC2CCCCO2)cc(OCC)c1OCC. The second-order valence-corrected chi connectivity index (χ2v) is 6.60. The van der Waals surface area contributed by atoms with Gasteiger partial charge in [0, 0.05) is 25.8 Å². The van der Waals surface area contributed by atoms with E-state index in [0.29, 0.717) is 49.2 Å². The molecular weight excluding hydrogens is 346 g/mol. The van der Waals surface area contributed by atoms with Crippen LogP contribution in [-0.4, -0.2) is 56.9 Å². The average molecular weight is 379 g/mol. The van der Waals surface area contributed by atoms with Gasteiger partial charge in [-0.1, -0.05) is 0 Å². The number of ether oxygens (including phenoxy) is 4. The maximum absolute atomic E-state index is 12.9. The van der Waals surface area contributed by atoms with Gasteiger partial charge in [0.25, 0.3) is 5.91 Å². The molecule has 27 heavy (non-hydrogen) atoms. The summed E-state index contributed by atoms with van der Waals surface area (Å²) >= 11 is 0. The monoisotopic (exact) mass is 379 g/mol. The number of benzene rings is 1. The Morgan fingerprint density at radius 3 is 2.22 bits per heavy atom. The summed E-state index contributed by atoms with van der Waals surface area (Å²) in [6, 6.07) is 3.49. The molecule has 1 aliphatic heterocycles. The van der Waals surface area contributed by atoms with Crippen LogP contribution in [0.4, 0.5) is 0 Å². The molecule has 152 valence electrons. The Balaban J connectivity index is 2.14. The number of amides is 1. The van der Waals surface area contributed by atoms with Crippen molar-refractivity contribution >= 4 is 5.91 Å². The van der Waals surface area contributed by atoms with Crippen molar-refractivity contribution in [2.24, 2.45) is 0 Å². The minimum atomic E-state index is -0.0595. The van der Waals surface area contributed by atoms with Gasteiger partial charge in [0.15, 0.2) is 11.5 Å². The fraction of sp³-hybridized carbons (Fsp3) is 0.667. The lowest BCUT2D eigenvalue weighted by Gasteiger charge is -2.25. The van der Waals surface area contributed by atoms with Crippen LogP contribution in [0.25, 0.3) is 0 Å². The average Bonchev–Trinajstić information content (AvgIpc) is 2.69. The largest absolute Gasteiger partial charge is 0.490 e. The van der Waals surface area contributed by atoms with Crippen LogP contribution in [0.1, 0.15) is 56.8 Å². The predicted molar refractivity (Wildman–Crippen MR) is 105 cm³/mol. The van der Waals surface area contributed by atoms with Gasteiger partial charge in [0.2, 0.25) is 5.75 Å². The van der Waals surface area contributed by atoms with Gasteiger partial charge < -0.3 is 23.8 Å². The standard InChI is InChI=1S/C21H33NO5/c1-5-24-18-14-16(15-19(25-6-2)20(18)26-7-3)21(23)22(4)12-11-17-10-8-9-13-27-17/h14-15,17H,5-13H2,1-4H3. The van der Waals surface area contributed by atoms with Gasteiger partial charge in [-0.25, -0.2) is 0 Å². The fourth-order valence-corrected chi connectivity index (χ4v) is 3.21. The molecule has 0 N–H and O–H groups in total. The van der Waals surface area contributed by atoms with Gasteiger partial charge in [-0.2, -0.15) is 0 Å². The molecule has 1 amide bonds. The highest BCUT2D eigenvalue weighted by atomic mass is 16.5. The van der Waals surface area contributed by atoms with E-state index in [9.17, 15) is 4.79 Å². The van der Waals surface area contributed by atoms with Crippen molar-refractivity contribution in [3.05, 3.63) is 17.7 Å². The van der Waals surface area contributed by atoms with Crippen LogP contribution in [0, 0.1) is 0 Å². The molecule has 6 nitrogen and oxygen atoms in total. The van der Waals surface area contributed by atoms with Crippen molar-refractivity contribution in [1.29, 1.82) is 0 Å². The third-order valence-corrected chi connectivity index (χ3v) is 4.56.